The zero-order valence-corrected chi connectivity index (χ0v) is 13.1. The van der Waals surface area contributed by atoms with Gasteiger partial charge < -0.3 is 4.90 Å². The number of aromatic nitrogens is 2. The Morgan fingerprint density at radius 1 is 1.05 bits per heavy atom. The van der Waals surface area contributed by atoms with Gasteiger partial charge in [-0.15, -0.1) is 0 Å². The first-order chi connectivity index (χ1) is 10.2. The first-order valence-electron chi connectivity index (χ1n) is 6.89. The molecule has 6 heteroatoms. The van der Waals surface area contributed by atoms with Crippen molar-refractivity contribution in [2.45, 2.75) is 6.54 Å². The van der Waals surface area contributed by atoms with E-state index in [2.05, 4.69) is 19.8 Å². The lowest BCUT2D eigenvalue weighted by molar-refractivity contribution is 0.249. The highest BCUT2D eigenvalue weighted by Crippen LogP contribution is 2.23. The van der Waals surface area contributed by atoms with Crippen molar-refractivity contribution in [3.63, 3.8) is 0 Å². The maximum atomic E-state index is 6.23. The molecular weight excluding hydrogens is 307 g/mol. The molecule has 0 saturated carbocycles. The minimum Gasteiger partial charge on any atom is -0.353 e. The standard InChI is InChI=1S/C15H16Cl2N4/c16-13-2-1-12(14(17)9-13)11-20-5-7-21(8-6-20)15-10-18-3-4-19-15/h1-4,9-10H,5-8,11H2. The van der Waals surface area contributed by atoms with Crippen LogP contribution < -0.4 is 4.90 Å². The Morgan fingerprint density at radius 3 is 2.52 bits per heavy atom. The lowest BCUT2D eigenvalue weighted by Gasteiger charge is -2.35. The summed E-state index contributed by atoms with van der Waals surface area (Å²) in [6.07, 6.45) is 5.24. The lowest BCUT2D eigenvalue weighted by Crippen LogP contribution is -2.46. The van der Waals surface area contributed by atoms with Crippen LogP contribution in [0.1, 0.15) is 5.56 Å². The second-order valence-electron chi connectivity index (χ2n) is 5.06. The van der Waals surface area contributed by atoms with E-state index in [1.54, 1.807) is 18.5 Å². The van der Waals surface area contributed by atoms with Crippen LogP contribution in [0.4, 0.5) is 5.82 Å². The lowest BCUT2D eigenvalue weighted by atomic mass is 10.2. The Morgan fingerprint density at radius 2 is 1.86 bits per heavy atom. The summed E-state index contributed by atoms with van der Waals surface area (Å²) in [5.74, 6) is 0.946. The molecule has 1 aromatic heterocycles. The second-order valence-corrected chi connectivity index (χ2v) is 5.91. The summed E-state index contributed by atoms with van der Waals surface area (Å²) in [5.41, 5.74) is 1.12. The molecule has 0 N–H and O–H groups in total. The Kier molecular flexibility index (Phi) is 4.58. The van der Waals surface area contributed by atoms with Crippen molar-refractivity contribution in [1.29, 1.82) is 0 Å². The van der Waals surface area contributed by atoms with E-state index in [1.807, 2.05) is 18.3 Å². The van der Waals surface area contributed by atoms with Crippen molar-refractivity contribution in [2.24, 2.45) is 0 Å². The molecule has 4 nitrogen and oxygen atoms in total. The predicted molar refractivity (Wildman–Crippen MR) is 86.0 cm³/mol. The third-order valence-electron chi connectivity index (χ3n) is 3.65. The van der Waals surface area contributed by atoms with Crippen molar-refractivity contribution in [3.8, 4) is 0 Å². The molecule has 0 aliphatic carbocycles. The Balaban J connectivity index is 1.59. The molecule has 0 atom stereocenters. The number of piperazine rings is 1. The smallest absolute Gasteiger partial charge is 0.147 e. The van der Waals surface area contributed by atoms with Gasteiger partial charge in [0.1, 0.15) is 5.82 Å². The number of hydrogen-bond acceptors (Lipinski definition) is 4. The van der Waals surface area contributed by atoms with Gasteiger partial charge in [-0.05, 0) is 17.7 Å². The van der Waals surface area contributed by atoms with Crippen LogP contribution in [0.5, 0.6) is 0 Å². The van der Waals surface area contributed by atoms with Gasteiger partial charge in [0.25, 0.3) is 0 Å². The number of rotatable bonds is 3. The van der Waals surface area contributed by atoms with E-state index in [1.165, 1.54) is 0 Å². The summed E-state index contributed by atoms with van der Waals surface area (Å²) in [4.78, 5) is 13.1. The van der Waals surface area contributed by atoms with E-state index in [9.17, 15) is 0 Å². The monoisotopic (exact) mass is 322 g/mol. The van der Waals surface area contributed by atoms with E-state index in [4.69, 9.17) is 23.2 Å². The van der Waals surface area contributed by atoms with Gasteiger partial charge in [-0.25, -0.2) is 4.98 Å². The van der Waals surface area contributed by atoms with Crippen LogP contribution in [0.15, 0.2) is 36.8 Å². The van der Waals surface area contributed by atoms with E-state index in [-0.39, 0.29) is 0 Å². The molecule has 0 unspecified atom stereocenters. The number of halogens is 2. The third-order valence-corrected chi connectivity index (χ3v) is 4.24. The zero-order valence-electron chi connectivity index (χ0n) is 11.5. The van der Waals surface area contributed by atoms with Crippen LogP contribution >= 0.6 is 23.2 Å². The fraction of sp³-hybridized carbons (Fsp3) is 0.333. The molecule has 1 aliphatic rings. The summed E-state index contributed by atoms with van der Waals surface area (Å²) in [6, 6.07) is 5.69. The van der Waals surface area contributed by atoms with Crippen LogP contribution in [0.3, 0.4) is 0 Å². The quantitative estimate of drug-likeness (QED) is 0.869. The fourth-order valence-electron chi connectivity index (χ4n) is 2.48. The highest BCUT2D eigenvalue weighted by molar-refractivity contribution is 6.35. The molecule has 2 aromatic rings. The number of hydrogen-bond donors (Lipinski definition) is 0. The summed E-state index contributed by atoms with van der Waals surface area (Å²) >= 11 is 12.2. The Hall–Kier alpha value is -1.36. The first-order valence-corrected chi connectivity index (χ1v) is 7.65. The second kappa shape index (κ2) is 6.60. The van der Waals surface area contributed by atoms with Crippen molar-refractivity contribution in [1.82, 2.24) is 14.9 Å². The molecular formula is C15H16Cl2N4. The molecule has 1 saturated heterocycles. The average Bonchev–Trinajstić information content (AvgIpc) is 2.52. The molecule has 21 heavy (non-hydrogen) atoms. The van der Waals surface area contributed by atoms with Crippen molar-refractivity contribution >= 4 is 29.0 Å². The highest BCUT2D eigenvalue weighted by Gasteiger charge is 2.18. The first kappa shape index (κ1) is 14.6. The topological polar surface area (TPSA) is 32.3 Å². The molecule has 0 amide bonds. The number of anilines is 1. The highest BCUT2D eigenvalue weighted by atomic mass is 35.5. The van der Waals surface area contributed by atoms with Crippen LogP contribution in [-0.2, 0) is 6.54 Å². The fourth-order valence-corrected chi connectivity index (χ4v) is 2.95. The molecule has 110 valence electrons. The van der Waals surface area contributed by atoms with Gasteiger partial charge in [-0.2, -0.15) is 0 Å². The van der Waals surface area contributed by atoms with Crippen LogP contribution in [-0.4, -0.2) is 41.0 Å². The SMILES string of the molecule is Clc1ccc(CN2CCN(c3cnccn3)CC2)c(Cl)c1. The van der Waals surface area contributed by atoms with Gasteiger partial charge in [0.15, 0.2) is 0 Å². The minimum atomic E-state index is 0.677. The molecule has 3 rings (SSSR count). The Bertz CT molecular complexity index is 598. The molecule has 0 radical (unpaired) electrons. The maximum absolute atomic E-state index is 6.23. The normalized spacial score (nSPS) is 16.2. The van der Waals surface area contributed by atoms with Crippen LogP contribution in [0.25, 0.3) is 0 Å². The van der Waals surface area contributed by atoms with Crippen LogP contribution in [0.2, 0.25) is 10.0 Å². The third kappa shape index (κ3) is 3.64. The Labute approximate surface area is 134 Å². The summed E-state index contributed by atoms with van der Waals surface area (Å²) in [5, 5.41) is 1.41. The maximum Gasteiger partial charge on any atom is 0.147 e. The van der Waals surface area contributed by atoms with Gasteiger partial charge in [-0.1, -0.05) is 29.3 Å². The van der Waals surface area contributed by atoms with Gasteiger partial charge in [0.05, 0.1) is 6.20 Å². The van der Waals surface area contributed by atoms with Gasteiger partial charge in [0, 0.05) is 55.2 Å². The molecule has 0 spiro atoms. The van der Waals surface area contributed by atoms with Crippen molar-refractivity contribution in [3.05, 3.63) is 52.4 Å². The van der Waals surface area contributed by atoms with Gasteiger partial charge >= 0.3 is 0 Å². The molecule has 1 aliphatic heterocycles. The number of benzene rings is 1. The van der Waals surface area contributed by atoms with E-state index in [0.29, 0.717) is 5.02 Å². The predicted octanol–water partition coefficient (Wildman–Crippen LogP) is 3.11. The average molecular weight is 323 g/mol. The molecule has 1 fully saturated rings. The summed E-state index contributed by atoms with van der Waals surface area (Å²) in [6.45, 7) is 4.71. The summed E-state index contributed by atoms with van der Waals surface area (Å²) in [7, 11) is 0. The van der Waals surface area contributed by atoms with Gasteiger partial charge in [-0.3, -0.25) is 9.88 Å². The minimum absolute atomic E-state index is 0.677. The van der Waals surface area contributed by atoms with Crippen molar-refractivity contribution in [2.75, 3.05) is 31.1 Å². The number of nitrogens with zero attached hydrogens (tertiary/aromatic N) is 4. The van der Waals surface area contributed by atoms with Crippen LogP contribution in [0, 0.1) is 0 Å². The largest absolute Gasteiger partial charge is 0.353 e. The van der Waals surface area contributed by atoms with Gasteiger partial charge in [0.2, 0.25) is 0 Å². The van der Waals surface area contributed by atoms with Crippen molar-refractivity contribution < 1.29 is 0 Å². The summed E-state index contributed by atoms with van der Waals surface area (Å²) < 4.78 is 0. The van der Waals surface area contributed by atoms with E-state index in [0.717, 1.165) is 49.1 Å². The van der Waals surface area contributed by atoms with E-state index < -0.39 is 0 Å². The molecule has 1 aromatic carbocycles. The molecule has 0 bridgehead atoms. The van der Waals surface area contributed by atoms with E-state index >= 15 is 0 Å². The zero-order chi connectivity index (χ0) is 14.7. The molecule has 2 heterocycles.